The lowest BCUT2D eigenvalue weighted by molar-refractivity contribution is 0.0529. The van der Waals surface area contributed by atoms with Crippen LogP contribution in [0.2, 0.25) is 0 Å². The summed E-state index contributed by atoms with van der Waals surface area (Å²) in [6.07, 6.45) is 8.96. The highest BCUT2D eigenvalue weighted by Crippen LogP contribution is 2.30. The first-order valence-corrected chi connectivity index (χ1v) is 10.9. The summed E-state index contributed by atoms with van der Waals surface area (Å²) in [7, 11) is 1.84. The molecule has 1 aromatic heterocycles. The Morgan fingerprint density at radius 1 is 1.31 bits per heavy atom. The van der Waals surface area contributed by atoms with E-state index in [-0.39, 0.29) is 30.1 Å². The molecule has 3 atom stereocenters. The molecule has 0 aromatic carbocycles. The van der Waals surface area contributed by atoms with Gasteiger partial charge < -0.3 is 20.3 Å². The number of guanidine groups is 1. The van der Waals surface area contributed by atoms with Crippen molar-refractivity contribution < 1.29 is 4.74 Å². The number of aliphatic imine (C=N–C) groups is 1. The maximum atomic E-state index is 5.63. The predicted octanol–water partition coefficient (Wildman–Crippen LogP) is 3.81. The number of nitrogens with one attached hydrogen (secondary N) is 2. The van der Waals surface area contributed by atoms with Crippen LogP contribution in [0.5, 0.6) is 0 Å². The normalized spacial score (nSPS) is 25.3. The van der Waals surface area contributed by atoms with E-state index < -0.39 is 0 Å². The molecule has 1 saturated carbocycles. The van der Waals surface area contributed by atoms with E-state index in [1.807, 2.05) is 13.2 Å². The summed E-state index contributed by atoms with van der Waals surface area (Å²) in [5.41, 5.74) is 1.22. The zero-order valence-electron chi connectivity index (χ0n) is 18.2. The number of rotatable bonds is 6. The number of hydrogen-bond donors (Lipinski definition) is 2. The van der Waals surface area contributed by atoms with Crippen LogP contribution in [0, 0.1) is 11.8 Å². The smallest absolute Gasteiger partial charge is 0.191 e. The molecule has 2 heterocycles. The molecule has 2 fully saturated rings. The Labute approximate surface area is 193 Å². The van der Waals surface area contributed by atoms with E-state index in [2.05, 4.69) is 51.5 Å². The molecule has 0 amide bonds. The van der Waals surface area contributed by atoms with Crippen molar-refractivity contribution in [2.45, 2.75) is 58.6 Å². The second-order valence-corrected chi connectivity index (χ2v) is 8.43. The van der Waals surface area contributed by atoms with Crippen LogP contribution in [0.25, 0.3) is 0 Å². The fourth-order valence-corrected chi connectivity index (χ4v) is 4.39. The third-order valence-corrected chi connectivity index (χ3v) is 5.95. The van der Waals surface area contributed by atoms with E-state index in [9.17, 15) is 0 Å². The average Bonchev–Trinajstić information content (AvgIpc) is 2.71. The lowest BCUT2D eigenvalue weighted by atomic mass is 9.81. The fourth-order valence-electron chi connectivity index (χ4n) is 4.39. The Morgan fingerprint density at radius 3 is 2.93 bits per heavy atom. The maximum Gasteiger partial charge on any atom is 0.191 e. The molecule has 3 rings (SSSR count). The summed E-state index contributed by atoms with van der Waals surface area (Å²) in [5, 5.41) is 6.92. The van der Waals surface area contributed by atoms with E-state index >= 15 is 0 Å². The maximum absolute atomic E-state index is 5.63. The predicted molar refractivity (Wildman–Crippen MR) is 131 cm³/mol. The van der Waals surface area contributed by atoms with Crippen molar-refractivity contribution in [2.75, 3.05) is 38.2 Å². The van der Waals surface area contributed by atoms with Crippen LogP contribution in [0.4, 0.5) is 5.82 Å². The molecule has 0 bridgehead atoms. The summed E-state index contributed by atoms with van der Waals surface area (Å²) in [5.74, 6) is 3.67. The molecular formula is C22H38IN5O. The van der Waals surface area contributed by atoms with Crippen molar-refractivity contribution in [3.05, 3.63) is 23.9 Å². The van der Waals surface area contributed by atoms with Gasteiger partial charge in [-0.1, -0.05) is 26.2 Å². The molecule has 164 valence electrons. The van der Waals surface area contributed by atoms with E-state index in [0.29, 0.717) is 0 Å². The van der Waals surface area contributed by atoms with Crippen LogP contribution in [0.15, 0.2) is 23.3 Å². The lowest BCUT2D eigenvalue weighted by Gasteiger charge is -2.32. The summed E-state index contributed by atoms with van der Waals surface area (Å²) in [6.45, 7) is 8.80. The van der Waals surface area contributed by atoms with Crippen molar-refractivity contribution in [3.63, 3.8) is 0 Å². The van der Waals surface area contributed by atoms with Crippen LogP contribution in [0.1, 0.15) is 51.5 Å². The molecule has 2 aliphatic rings. The fraction of sp³-hybridized carbons (Fsp3) is 0.727. The van der Waals surface area contributed by atoms with Crippen LogP contribution in [-0.2, 0) is 11.3 Å². The van der Waals surface area contributed by atoms with Crippen LogP contribution in [0.3, 0.4) is 0 Å². The highest BCUT2D eigenvalue weighted by molar-refractivity contribution is 14.0. The number of nitrogens with zero attached hydrogens (tertiary/aromatic N) is 3. The SMILES string of the molecule is CN=C(NCCC1CCCC(C)C1)NCc1ccnc(N2CCOC(C)C2)c1.I. The van der Waals surface area contributed by atoms with Crippen LogP contribution < -0.4 is 15.5 Å². The van der Waals surface area contributed by atoms with Crippen molar-refractivity contribution in [1.82, 2.24) is 15.6 Å². The second kappa shape index (κ2) is 12.6. The number of pyridine rings is 1. The minimum absolute atomic E-state index is 0. The monoisotopic (exact) mass is 515 g/mol. The van der Waals surface area contributed by atoms with Crippen molar-refractivity contribution in [3.8, 4) is 0 Å². The van der Waals surface area contributed by atoms with Crippen LogP contribution >= 0.6 is 24.0 Å². The number of hydrogen-bond acceptors (Lipinski definition) is 4. The molecule has 2 N–H and O–H groups in total. The first-order valence-electron chi connectivity index (χ1n) is 10.9. The number of halogens is 1. The number of morpholine rings is 1. The van der Waals surface area contributed by atoms with Gasteiger partial charge in [0.25, 0.3) is 0 Å². The molecule has 3 unspecified atom stereocenters. The summed E-state index contributed by atoms with van der Waals surface area (Å²) in [6, 6.07) is 4.23. The molecule has 0 radical (unpaired) electrons. The Bertz CT molecular complexity index is 641. The van der Waals surface area contributed by atoms with Gasteiger partial charge in [0.2, 0.25) is 0 Å². The number of aromatic nitrogens is 1. The van der Waals surface area contributed by atoms with E-state index in [1.54, 1.807) is 0 Å². The Balaban J connectivity index is 0.00000300. The molecular weight excluding hydrogens is 477 g/mol. The molecule has 1 saturated heterocycles. The van der Waals surface area contributed by atoms with Gasteiger partial charge in [-0.05, 0) is 49.3 Å². The minimum Gasteiger partial charge on any atom is -0.375 e. The summed E-state index contributed by atoms with van der Waals surface area (Å²) >= 11 is 0. The first kappa shape index (κ1) is 24.2. The number of anilines is 1. The van der Waals surface area contributed by atoms with Gasteiger partial charge in [-0.3, -0.25) is 4.99 Å². The van der Waals surface area contributed by atoms with Gasteiger partial charge >= 0.3 is 0 Å². The van der Waals surface area contributed by atoms with E-state index in [4.69, 9.17) is 4.74 Å². The highest BCUT2D eigenvalue weighted by atomic mass is 127. The van der Waals surface area contributed by atoms with Crippen LogP contribution in [-0.4, -0.2) is 50.3 Å². The largest absolute Gasteiger partial charge is 0.375 e. The highest BCUT2D eigenvalue weighted by Gasteiger charge is 2.19. The molecule has 6 nitrogen and oxygen atoms in total. The van der Waals surface area contributed by atoms with Gasteiger partial charge in [0, 0.05) is 39.4 Å². The van der Waals surface area contributed by atoms with E-state index in [0.717, 1.165) is 56.4 Å². The van der Waals surface area contributed by atoms with Gasteiger partial charge in [0.05, 0.1) is 12.7 Å². The summed E-state index contributed by atoms with van der Waals surface area (Å²) < 4.78 is 5.63. The van der Waals surface area contributed by atoms with E-state index in [1.165, 1.54) is 37.7 Å². The average molecular weight is 515 g/mol. The number of ether oxygens (including phenoxy) is 1. The Hall–Kier alpha value is -1.09. The lowest BCUT2D eigenvalue weighted by Crippen LogP contribution is -2.41. The molecule has 1 aliphatic carbocycles. The summed E-state index contributed by atoms with van der Waals surface area (Å²) in [4.78, 5) is 11.2. The topological polar surface area (TPSA) is 61.8 Å². The Kier molecular flexibility index (Phi) is 10.5. The van der Waals surface area contributed by atoms with Gasteiger partial charge in [-0.25, -0.2) is 4.98 Å². The zero-order valence-corrected chi connectivity index (χ0v) is 20.5. The van der Waals surface area contributed by atoms with Gasteiger partial charge in [-0.15, -0.1) is 24.0 Å². The molecule has 1 aliphatic heterocycles. The second-order valence-electron chi connectivity index (χ2n) is 8.43. The standard InChI is InChI=1S/C22H37N5O.HI/c1-17-5-4-6-19(13-17)7-10-25-22(23-3)26-15-20-8-9-24-21(14-20)27-11-12-28-18(2)16-27;/h8-9,14,17-19H,4-7,10-13,15-16H2,1-3H3,(H2,23,25,26);1H. The van der Waals surface area contributed by atoms with Crippen molar-refractivity contribution >= 4 is 35.8 Å². The molecule has 7 heteroatoms. The quantitative estimate of drug-likeness (QED) is 0.343. The Morgan fingerprint density at radius 2 is 2.17 bits per heavy atom. The van der Waals surface area contributed by atoms with Gasteiger partial charge in [-0.2, -0.15) is 0 Å². The third-order valence-electron chi connectivity index (χ3n) is 5.95. The van der Waals surface area contributed by atoms with Gasteiger partial charge in [0.15, 0.2) is 5.96 Å². The molecule has 0 spiro atoms. The third kappa shape index (κ3) is 7.92. The zero-order chi connectivity index (χ0) is 19.8. The molecule has 29 heavy (non-hydrogen) atoms. The van der Waals surface area contributed by atoms with Gasteiger partial charge in [0.1, 0.15) is 5.82 Å². The van der Waals surface area contributed by atoms with Crippen molar-refractivity contribution in [1.29, 1.82) is 0 Å². The minimum atomic E-state index is 0. The molecule has 1 aromatic rings. The van der Waals surface area contributed by atoms with Crippen molar-refractivity contribution in [2.24, 2.45) is 16.8 Å². The first-order chi connectivity index (χ1) is 13.6.